The smallest absolute Gasteiger partial charge is 0.357 e. The van der Waals surface area contributed by atoms with Crippen LogP contribution in [0.5, 0.6) is 0 Å². The molecular weight excluding hydrogens is 295 g/mol. The Kier molecular flexibility index (Phi) is 2.98. The van der Waals surface area contributed by atoms with E-state index in [-0.39, 0.29) is 5.69 Å². The first-order valence-corrected chi connectivity index (χ1v) is 5.49. The summed E-state index contributed by atoms with van der Waals surface area (Å²) in [6.45, 7) is 0. The van der Waals surface area contributed by atoms with E-state index >= 15 is 0 Å². The van der Waals surface area contributed by atoms with Gasteiger partial charge in [0.1, 0.15) is 0 Å². The van der Waals surface area contributed by atoms with Crippen LogP contribution in [0.4, 0.5) is 0 Å². The van der Waals surface area contributed by atoms with Crippen molar-refractivity contribution in [2.75, 3.05) is 0 Å². The predicted octanol–water partition coefficient (Wildman–Crippen LogP) is 2.99. The molecule has 0 saturated heterocycles. The van der Waals surface area contributed by atoms with Gasteiger partial charge in [-0.1, -0.05) is 11.6 Å². The Morgan fingerprint density at radius 3 is 2.50 bits per heavy atom. The second kappa shape index (κ2) is 4.27. The maximum atomic E-state index is 10.8. The average molecular weight is 302 g/mol. The highest BCUT2D eigenvalue weighted by Gasteiger charge is 2.14. The van der Waals surface area contributed by atoms with Crippen molar-refractivity contribution in [3.05, 3.63) is 45.7 Å². The molecule has 0 atom stereocenters. The van der Waals surface area contributed by atoms with Crippen molar-refractivity contribution >= 4 is 33.5 Å². The van der Waals surface area contributed by atoms with Gasteiger partial charge >= 0.3 is 5.97 Å². The van der Waals surface area contributed by atoms with Gasteiger partial charge in [0, 0.05) is 11.2 Å². The summed E-state index contributed by atoms with van der Waals surface area (Å²) < 4.78 is 1.92. The zero-order chi connectivity index (χ0) is 11.7. The second-order valence-corrected chi connectivity index (χ2v) is 4.34. The van der Waals surface area contributed by atoms with E-state index < -0.39 is 5.97 Å². The Bertz CT molecular complexity index is 536. The number of aromatic carboxylic acids is 1. The third-order valence-electron chi connectivity index (χ3n) is 1.96. The molecule has 0 amide bonds. The number of benzene rings is 1. The fraction of sp³-hybridized carbons (Fsp3) is 0. The monoisotopic (exact) mass is 300 g/mol. The van der Waals surface area contributed by atoms with Gasteiger partial charge in [-0.05, 0) is 40.2 Å². The van der Waals surface area contributed by atoms with Crippen LogP contribution in [0.3, 0.4) is 0 Å². The number of nitrogens with zero attached hydrogens (tertiary/aromatic N) is 2. The van der Waals surface area contributed by atoms with E-state index in [4.69, 9.17) is 16.7 Å². The number of hydrogen-bond acceptors (Lipinski definition) is 2. The summed E-state index contributed by atoms with van der Waals surface area (Å²) in [5.74, 6) is -1.07. The number of aromatic nitrogens is 2. The SMILES string of the molecule is O=C(O)c1nn(-c2ccc(Cl)cc2)cc1Br. The lowest BCUT2D eigenvalue weighted by Crippen LogP contribution is -2.01. The summed E-state index contributed by atoms with van der Waals surface area (Å²) >= 11 is 8.89. The molecule has 0 spiro atoms. The molecule has 2 aromatic rings. The van der Waals surface area contributed by atoms with Crippen LogP contribution in [-0.4, -0.2) is 20.9 Å². The number of rotatable bonds is 2. The Balaban J connectivity index is 2.45. The molecule has 0 unspecified atom stereocenters. The largest absolute Gasteiger partial charge is 0.476 e. The Hall–Kier alpha value is -1.33. The van der Waals surface area contributed by atoms with Gasteiger partial charge in [0.25, 0.3) is 0 Å². The molecule has 1 aromatic carbocycles. The summed E-state index contributed by atoms with van der Waals surface area (Å²) in [6, 6.07) is 6.95. The number of carboxylic acids is 1. The van der Waals surface area contributed by atoms with Crippen LogP contribution in [0, 0.1) is 0 Å². The molecule has 2 rings (SSSR count). The van der Waals surface area contributed by atoms with Crippen LogP contribution < -0.4 is 0 Å². The number of halogens is 2. The van der Waals surface area contributed by atoms with Crippen LogP contribution >= 0.6 is 27.5 Å². The van der Waals surface area contributed by atoms with Crippen molar-refractivity contribution in [1.82, 2.24) is 9.78 Å². The molecule has 1 N–H and O–H groups in total. The van der Waals surface area contributed by atoms with E-state index in [1.165, 1.54) is 4.68 Å². The quantitative estimate of drug-likeness (QED) is 0.927. The van der Waals surface area contributed by atoms with Gasteiger partial charge < -0.3 is 5.11 Å². The summed E-state index contributed by atoms with van der Waals surface area (Å²) in [5.41, 5.74) is 0.729. The first-order valence-electron chi connectivity index (χ1n) is 4.32. The molecule has 0 aliphatic rings. The molecule has 0 aliphatic carbocycles. The van der Waals surface area contributed by atoms with E-state index in [0.717, 1.165) is 5.69 Å². The molecule has 6 heteroatoms. The Morgan fingerprint density at radius 1 is 1.38 bits per heavy atom. The summed E-state index contributed by atoms with van der Waals surface area (Å²) in [7, 11) is 0. The lowest BCUT2D eigenvalue weighted by atomic mass is 10.3. The molecule has 0 fully saturated rings. The number of carboxylic acid groups (broad SMARTS) is 1. The summed E-state index contributed by atoms with van der Waals surface area (Å²) in [4.78, 5) is 10.8. The zero-order valence-electron chi connectivity index (χ0n) is 7.89. The first-order chi connectivity index (χ1) is 7.58. The van der Waals surface area contributed by atoms with Crippen molar-refractivity contribution in [1.29, 1.82) is 0 Å². The average Bonchev–Trinajstić information content (AvgIpc) is 2.61. The molecule has 16 heavy (non-hydrogen) atoms. The molecule has 0 aliphatic heterocycles. The minimum absolute atomic E-state index is 0.0186. The van der Waals surface area contributed by atoms with E-state index in [1.807, 2.05) is 0 Å². The van der Waals surface area contributed by atoms with Crippen molar-refractivity contribution < 1.29 is 9.90 Å². The normalized spacial score (nSPS) is 10.4. The molecule has 4 nitrogen and oxygen atoms in total. The fourth-order valence-electron chi connectivity index (χ4n) is 1.22. The van der Waals surface area contributed by atoms with Crippen molar-refractivity contribution in [2.45, 2.75) is 0 Å². The van der Waals surface area contributed by atoms with Crippen LogP contribution in [0.25, 0.3) is 5.69 Å². The van der Waals surface area contributed by atoms with Gasteiger partial charge in [0.2, 0.25) is 0 Å². The Morgan fingerprint density at radius 2 is 2.00 bits per heavy atom. The van der Waals surface area contributed by atoms with Crippen LogP contribution in [0.1, 0.15) is 10.5 Å². The molecule has 82 valence electrons. The third kappa shape index (κ3) is 2.10. The second-order valence-electron chi connectivity index (χ2n) is 3.05. The van der Waals surface area contributed by atoms with Gasteiger partial charge in [0.15, 0.2) is 5.69 Å². The van der Waals surface area contributed by atoms with Crippen molar-refractivity contribution in [3.8, 4) is 5.69 Å². The summed E-state index contributed by atoms with van der Waals surface area (Å²) in [6.07, 6.45) is 1.59. The maximum Gasteiger partial charge on any atom is 0.357 e. The molecule has 0 saturated carbocycles. The number of carbonyl (C=O) groups is 1. The lowest BCUT2D eigenvalue weighted by molar-refractivity contribution is 0.0689. The molecular formula is C10H6BrClN2O2. The highest BCUT2D eigenvalue weighted by Crippen LogP contribution is 2.19. The van der Waals surface area contributed by atoms with Crippen LogP contribution in [0.2, 0.25) is 5.02 Å². The van der Waals surface area contributed by atoms with E-state index in [9.17, 15) is 4.79 Å². The van der Waals surface area contributed by atoms with Gasteiger partial charge in [-0.15, -0.1) is 0 Å². The van der Waals surface area contributed by atoms with Gasteiger partial charge in [-0.3, -0.25) is 0 Å². The van der Waals surface area contributed by atoms with Crippen LogP contribution in [-0.2, 0) is 0 Å². The van der Waals surface area contributed by atoms with Crippen LogP contribution in [0.15, 0.2) is 34.9 Å². The van der Waals surface area contributed by atoms with E-state index in [2.05, 4.69) is 21.0 Å². The van der Waals surface area contributed by atoms with Gasteiger partial charge in [-0.2, -0.15) is 5.10 Å². The highest BCUT2D eigenvalue weighted by atomic mass is 79.9. The highest BCUT2D eigenvalue weighted by molar-refractivity contribution is 9.10. The molecule has 1 aromatic heterocycles. The third-order valence-corrected chi connectivity index (χ3v) is 2.80. The first kappa shape index (κ1) is 11.2. The van der Waals surface area contributed by atoms with Crippen molar-refractivity contribution in [3.63, 3.8) is 0 Å². The number of hydrogen-bond donors (Lipinski definition) is 1. The topological polar surface area (TPSA) is 55.1 Å². The minimum atomic E-state index is -1.07. The van der Waals surface area contributed by atoms with Crippen molar-refractivity contribution in [2.24, 2.45) is 0 Å². The van der Waals surface area contributed by atoms with E-state index in [0.29, 0.717) is 9.50 Å². The standard InChI is InChI=1S/C10H6BrClN2O2/c11-8-5-14(13-9(8)10(15)16)7-3-1-6(12)2-4-7/h1-5H,(H,15,16). The molecule has 0 radical (unpaired) electrons. The predicted molar refractivity (Wildman–Crippen MR) is 63.2 cm³/mol. The summed E-state index contributed by atoms with van der Waals surface area (Å²) in [5, 5.41) is 13.4. The lowest BCUT2D eigenvalue weighted by Gasteiger charge is -1.99. The maximum absolute atomic E-state index is 10.8. The van der Waals surface area contributed by atoms with E-state index in [1.54, 1.807) is 30.5 Å². The van der Waals surface area contributed by atoms with Gasteiger partial charge in [-0.25, -0.2) is 9.48 Å². The minimum Gasteiger partial charge on any atom is -0.476 e. The fourth-order valence-corrected chi connectivity index (χ4v) is 1.79. The Labute approximate surface area is 105 Å². The van der Waals surface area contributed by atoms with Gasteiger partial charge in [0.05, 0.1) is 10.2 Å². The molecule has 0 bridgehead atoms. The molecule has 1 heterocycles. The zero-order valence-corrected chi connectivity index (χ0v) is 10.2.